The highest BCUT2D eigenvalue weighted by molar-refractivity contribution is 5.98. The molecule has 0 saturated heterocycles. The van der Waals surface area contributed by atoms with E-state index in [1.54, 1.807) is 7.11 Å². The monoisotopic (exact) mass is 255 g/mol. The van der Waals surface area contributed by atoms with Gasteiger partial charge in [0.15, 0.2) is 0 Å². The van der Waals surface area contributed by atoms with Crippen molar-refractivity contribution >= 4 is 10.8 Å². The fourth-order valence-electron chi connectivity index (χ4n) is 2.09. The Bertz CT molecular complexity index is 722. The molecule has 2 N–H and O–H groups in total. The van der Waals surface area contributed by atoms with Crippen molar-refractivity contribution in [3.8, 4) is 17.1 Å². The van der Waals surface area contributed by atoms with Crippen LogP contribution >= 0.6 is 0 Å². The second-order valence-corrected chi connectivity index (χ2v) is 4.08. The largest absolute Gasteiger partial charge is 0.496 e. The summed E-state index contributed by atoms with van der Waals surface area (Å²) in [6.45, 7) is 0.222. The van der Waals surface area contributed by atoms with Crippen LogP contribution < -0.4 is 10.5 Å². The third-order valence-corrected chi connectivity index (χ3v) is 2.98. The summed E-state index contributed by atoms with van der Waals surface area (Å²) < 4.78 is 10.5. The first-order chi connectivity index (χ1) is 9.33. The lowest BCUT2D eigenvalue weighted by atomic mass is 10.0. The fourth-order valence-corrected chi connectivity index (χ4v) is 2.09. The number of benzene rings is 2. The summed E-state index contributed by atoms with van der Waals surface area (Å²) >= 11 is 0. The molecule has 0 aliphatic rings. The molecule has 0 fully saturated rings. The summed E-state index contributed by atoms with van der Waals surface area (Å²) in [6, 6.07) is 11.9. The van der Waals surface area contributed by atoms with Gasteiger partial charge in [-0.3, -0.25) is 0 Å². The Kier molecular flexibility index (Phi) is 2.89. The van der Waals surface area contributed by atoms with Crippen LogP contribution in [0.4, 0.5) is 0 Å². The van der Waals surface area contributed by atoms with Gasteiger partial charge in [0, 0.05) is 0 Å². The average Bonchev–Trinajstić information content (AvgIpc) is 2.94. The Morgan fingerprint density at radius 1 is 1.21 bits per heavy atom. The lowest BCUT2D eigenvalue weighted by Gasteiger charge is -2.08. The summed E-state index contributed by atoms with van der Waals surface area (Å²) in [4.78, 5) is 4.27. The number of nitrogens with zero attached hydrogens (tertiary/aromatic N) is 2. The van der Waals surface area contributed by atoms with Crippen LogP contribution in [0.1, 0.15) is 5.89 Å². The molecule has 0 saturated carbocycles. The van der Waals surface area contributed by atoms with E-state index in [0.717, 1.165) is 16.3 Å². The Balaban J connectivity index is 2.30. The van der Waals surface area contributed by atoms with Crippen molar-refractivity contribution in [2.75, 3.05) is 7.11 Å². The van der Waals surface area contributed by atoms with Gasteiger partial charge in [-0.15, -0.1) is 0 Å². The molecule has 3 aromatic rings. The molecule has 0 atom stereocenters. The van der Waals surface area contributed by atoms with Gasteiger partial charge in [-0.2, -0.15) is 4.98 Å². The average molecular weight is 255 g/mol. The van der Waals surface area contributed by atoms with Crippen molar-refractivity contribution < 1.29 is 9.26 Å². The lowest BCUT2D eigenvalue weighted by molar-refractivity contribution is 0.380. The molecule has 1 aromatic heterocycles. The smallest absolute Gasteiger partial charge is 0.240 e. The van der Waals surface area contributed by atoms with E-state index in [0.29, 0.717) is 17.5 Å². The van der Waals surface area contributed by atoms with Gasteiger partial charge in [0.05, 0.1) is 19.2 Å². The van der Waals surface area contributed by atoms with Gasteiger partial charge in [0.1, 0.15) is 5.75 Å². The number of nitrogens with two attached hydrogens (primary N) is 1. The van der Waals surface area contributed by atoms with E-state index in [9.17, 15) is 0 Å². The van der Waals surface area contributed by atoms with Crippen molar-refractivity contribution in [3.63, 3.8) is 0 Å². The van der Waals surface area contributed by atoms with Crippen LogP contribution in [0.2, 0.25) is 0 Å². The molecule has 0 aliphatic heterocycles. The van der Waals surface area contributed by atoms with E-state index in [4.69, 9.17) is 15.0 Å². The molecule has 5 nitrogen and oxygen atoms in total. The van der Waals surface area contributed by atoms with Crippen molar-refractivity contribution in [1.29, 1.82) is 0 Å². The molecule has 0 bridgehead atoms. The van der Waals surface area contributed by atoms with E-state index in [1.165, 1.54) is 0 Å². The van der Waals surface area contributed by atoms with Gasteiger partial charge in [0.25, 0.3) is 0 Å². The Labute approximate surface area is 110 Å². The predicted molar refractivity (Wildman–Crippen MR) is 71.7 cm³/mol. The minimum Gasteiger partial charge on any atom is -0.496 e. The fraction of sp³-hybridized carbons (Fsp3) is 0.143. The number of rotatable bonds is 3. The van der Waals surface area contributed by atoms with Crippen LogP contribution in [-0.2, 0) is 6.54 Å². The number of fused-ring (bicyclic) bond motifs is 1. The number of ether oxygens (including phenoxy) is 1. The zero-order valence-electron chi connectivity index (χ0n) is 10.5. The van der Waals surface area contributed by atoms with Gasteiger partial charge < -0.3 is 15.0 Å². The quantitative estimate of drug-likeness (QED) is 0.777. The van der Waals surface area contributed by atoms with Crippen LogP contribution in [0, 0.1) is 0 Å². The molecule has 96 valence electrons. The molecule has 5 heteroatoms. The highest BCUT2D eigenvalue weighted by Gasteiger charge is 2.16. The number of hydrogen-bond donors (Lipinski definition) is 1. The summed E-state index contributed by atoms with van der Waals surface area (Å²) in [5.74, 6) is 1.61. The third-order valence-electron chi connectivity index (χ3n) is 2.98. The van der Waals surface area contributed by atoms with E-state index in [1.807, 2.05) is 36.4 Å². The molecule has 0 unspecified atom stereocenters. The topological polar surface area (TPSA) is 74.2 Å². The van der Waals surface area contributed by atoms with Gasteiger partial charge >= 0.3 is 0 Å². The second-order valence-electron chi connectivity index (χ2n) is 4.08. The Morgan fingerprint density at radius 2 is 2.05 bits per heavy atom. The summed E-state index contributed by atoms with van der Waals surface area (Å²) in [5.41, 5.74) is 6.32. The minimum atomic E-state index is 0.222. The standard InChI is InChI=1S/C14H13N3O2/c1-18-11-7-6-9-4-2-3-5-10(9)13(11)14-16-12(8-15)19-17-14/h2-7H,8,15H2,1H3. The SMILES string of the molecule is COc1ccc2ccccc2c1-c1noc(CN)n1. The van der Waals surface area contributed by atoms with E-state index in [-0.39, 0.29) is 6.54 Å². The highest BCUT2D eigenvalue weighted by atomic mass is 16.5. The molecular formula is C14H13N3O2. The number of methoxy groups -OCH3 is 1. The summed E-state index contributed by atoms with van der Waals surface area (Å²) in [6.07, 6.45) is 0. The Hall–Kier alpha value is -2.40. The van der Waals surface area contributed by atoms with Crippen LogP contribution in [0.25, 0.3) is 22.2 Å². The summed E-state index contributed by atoms with van der Waals surface area (Å²) in [5, 5.41) is 6.08. The molecule has 1 heterocycles. The maximum absolute atomic E-state index is 5.50. The van der Waals surface area contributed by atoms with Crippen molar-refractivity contribution in [1.82, 2.24) is 10.1 Å². The first kappa shape index (κ1) is 11.7. The maximum atomic E-state index is 5.50. The first-order valence-corrected chi connectivity index (χ1v) is 5.92. The maximum Gasteiger partial charge on any atom is 0.240 e. The van der Waals surface area contributed by atoms with Gasteiger partial charge in [0.2, 0.25) is 11.7 Å². The van der Waals surface area contributed by atoms with Crippen LogP contribution in [0.3, 0.4) is 0 Å². The van der Waals surface area contributed by atoms with Crippen molar-refractivity contribution in [2.45, 2.75) is 6.54 Å². The van der Waals surface area contributed by atoms with E-state index < -0.39 is 0 Å². The first-order valence-electron chi connectivity index (χ1n) is 5.92. The third kappa shape index (κ3) is 1.94. The number of hydrogen-bond acceptors (Lipinski definition) is 5. The van der Waals surface area contributed by atoms with Crippen LogP contribution in [-0.4, -0.2) is 17.3 Å². The minimum absolute atomic E-state index is 0.222. The molecule has 0 aliphatic carbocycles. The Morgan fingerprint density at radius 3 is 2.79 bits per heavy atom. The molecule has 3 rings (SSSR count). The van der Waals surface area contributed by atoms with Gasteiger partial charge in [-0.1, -0.05) is 35.5 Å². The van der Waals surface area contributed by atoms with Crippen LogP contribution in [0.15, 0.2) is 40.9 Å². The normalized spacial score (nSPS) is 10.8. The molecule has 19 heavy (non-hydrogen) atoms. The van der Waals surface area contributed by atoms with Crippen LogP contribution in [0.5, 0.6) is 5.75 Å². The molecule has 0 spiro atoms. The number of aromatic nitrogens is 2. The van der Waals surface area contributed by atoms with Gasteiger partial charge in [-0.05, 0) is 16.8 Å². The molecule has 2 aromatic carbocycles. The summed E-state index contributed by atoms with van der Waals surface area (Å²) in [7, 11) is 1.62. The molecule has 0 amide bonds. The molecular weight excluding hydrogens is 242 g/mol. The van der Waals surface area contributed by atoms with Crippen molar-refractivity contribution in [2.24, 2.45) is 5.73 Å². The zero-order chi connectivity index (χ0) is 13.2. The van der Waals surface area contributed by atoms with Crippen molar-refractivity contribution in [3.05, 3.63) is 42.3 Å². The molecule has 0 radical (unpaired) electrons. The second kappa shape index (κ2) is 4.70. The lowest BCUT2D eigenvalue weighted by Crippen LogP contribution is -1.96. The van der Waals surface area contributed by atoms with E-state index in [2.05, 4.69) is 10.1 Å². The highest BCUT2D eigenvalue weighted by Crippen LogP contribution is 2.35. The zero-order valence-corrected chi connectivity index (χ0v) is 10.5. The van der Waals surface area contributed by atoms with E-state index >= 15 is 0 Å². The predicted octanol–water partition coefficient (Wildman–Crippen LogP) is 2.36. The van der Waals surface area contributed by atoms with Gasteiger partial charge in [-0.25, -0.2) is 0 Å².